The number of nitrogens with one attached hydrogen (secondary N) is 1. The second-order valence-corrected chi connectivity index (χ2v) is 10.1. The van der Waals surface area contributed by atoms with Crippen LogP contribution in [0.25, 0.3) is 0 Å². The minimum absolute atomic E-state index is 0.102. The van der Waals surface area contributed by atoms with Gasteiger partial charge in [-0.25, -0.2) is 8.42 Å². The van der Waals surface area contributed by atoms with Crippen molar-refractivity contribution in [3.63, 3.8) is 0 Å². The molecule has 0 saturated carbocycles. The molecule has 0 aromatic heterocycles. The number of anilines is 1. The monoisotopic (exact) mass is 496 g/mol. The number of sulfonamides is 1. The lowest BCUT2D eigenvalue weighted by molar-refractivity contribution is -0.120. The zero-order chi connectivity index (χ0) is 24.8. The standard InChI is InChI=1S/C26H28N2O6S/c1-32-24-15-14-23(17-25(24)33-2)35(30,31)28-16-6-7-19(18-28)26(29)27-20-10-12-22(13-11-20)34-21-8-4-3-5-9-21/h3-5,8-15,17,19H,6-7,16,18H2,1-2H3,(H,27,29)/t19-/m0/s1. The smallest absolute Gasteiger partial charge is 0.243 e. The van der Waals surface area contributed by atoms with Crippen LogP contribution in [0.15, 0.2) is 77.7 Å². The fraction of sp³-hybridized carbons (Fsp3) is 0.269. The van der Waals surface area contributed by atoms with Crippen molar-refractivity contribution in [2.24, 2.45) is 5.92 Å². The van der Waals surface area contributed by atoms with Crippen LogP contribution in [-0.2, 0) is 14.8 Å². The van der Waals surface area contributed by atoms with Crippen molar-refractivity contribution in [2.75, 3.05) is 32.6 Å². The topological polar surface area (TPSA) is 94.2 Å². The molecule has 0 aliphatic carbocycles. The first-order chi connectivity index (χ1) is 16.9. The summed E-state index contributed by atoms with van der Waals surface area (Å²) < 4.78 is 44.1. The average Bonchev–Trinajstić information content (AvgIpc) is 2.90. The number of piperidine rings is 1. The Bertz CT molecular complexity index is 1260. The number of benzene rings is 3. The Morgan fingerprint density at radius 3 is 2.29 bits per heavy atom. The van der Waals surface area contributed by atoms with Gasteiger partial charge in [0.25, 0.3) is 0 Å². The first kappa shape index (κ1) is 24.6. The second kappa shape index (κ2) is 10.8. The number of carbonyl (C=O) groups is 1. The highest BCUT2D eigenvalue weighted by atomic mass is 32.2. The van der Waals surface area contributed by atoms with Crippen molar-refractivity contribution in [3.05, 3.63) is 72.8 Å². The Labute approximate surface area is 205 Å². The highest BCUT2D eigenvalue weighted by Crippen LogP contribution is 2.32. The van der Waals surface area contributed by atoms with E-state index in [1.54, 1.807) is 30.3 Å². The molecule has 0 radical (unpaired) electrons. The highest BCUT2D eigenvalue weighted by molar-refractivity contribution is 7.89. The first-order valence-electron chi connectivity index (χ1n) is 11.3. The molecular formula is C26H28N2O6S. The van der Waals surface area contributed by atoms with Crippen LogP contribution in [0.1, 0.15) is 12.8 Å². The largest absolute Gasteiger partial charge is 0.493 e. The summed E-state index contributed by atoms with van der Waals surface area (Å²) in [4.78, 5) is 13.0. The lowest BCUT2D eigenvalue weighted by atomic mass is 9.99. The Morgan fingerprint density at radius 1 is 0.914 bits per heavy atom. The summed E-state index contributed by atoms with van der Waals surface area (Å²) in [6.45, 7) is 0.462. The molecule has 184 valence electrons. The molecule has 9 heteroatoms. The van der Waals surface area contributed by atoms with Gasteiger partial charge in [-0.15, -0.1) is 0 Å². The van der Waals surface area contributed by atoms with Crippen LogP contribution in [0.4, 0.5) is 5.69 Å². The number of amides is 1. The number of nitrogens with zero attached hydrogens (tertiary/aromatic N) is 1. The summed E-state index contributed by atoms with van der Waals surface area (Å²) in [6, 6.07) is 21.0. The van der Waals surface area contributed by atoms with Crippen molar-refractivity contribution in [1.29, 1.82) is 0 Å². The Morgan fingerprint density at radius 2 is 1.60 bits per heavy atom. The Kier molecular flexibility index (Phi) is 7.57. The van der Waals surface area contributed by atoms with Gasteiger partial charge in [-0.3, -0.25) is 4.79 Å². The van der Waals surface area contributed by atoms with Gasteiger partial charge in [0.2, 0.25) is 15.9 Å². The maximum absolute atomic E-state index is 13.3. The number of para-hydroxylation sites is 1. The number of rotatable bonds is 8. The lowest BCUT2D eigenvalue weighted by Gasteiger charge is -2.31. The maximum Gasteiger partial charge on any atom is 0.243 e. The van der Waals surface area contributed by atoms with E-state index in [1.165, 1.54) is 30.7 Å². The highest BCUT2D eigenvalue weighted by Gasteiger charge is 2.33. The molecule has 1 fully saturated rings. The third-order valence-corrected chi connectivity index (χ3v) is 7.71. The van der Waals surface area contributed by atoms with Crippen LogP contribution >= 0.6 is 0 Å². The molecule has 8 nitrogen and oxygen atoms in total. The van der Waals surface area contributed by atoms with E-state index >= 15 is 0 Å². The number of methoxy groups -OCH3 is 2. The molecule has 4 rings (SSSR count). The van der Waals surface area contributed by atoms with Gasteiger partial charge in [-0.05, 0) is 61.4 Å². The molecule has 0 spiro atoms. The summed E-state index contributed by atoms with van der Waals surface area (Å²) in [5.74, 6) is 1.48. The third-order valence-electron chi connectivity index (χ3n) is 5.85. The van der Waals surface area contributed by atoms with E-state index in [1.807, 2.05) is 30.3 Å². The summed E-state index contributed by atoms with van der Waals surface area (Å²) in [5, 5.41) is 2.90. The number of hydrogen-bond donors (Lipinski definition) is 1. The van der Waals surface area contributed by atoms with E-state index < -0.39 is 15.9 Å². The Hall–Kier alpha value is -3.56. The van der Waals surface area contributed by atoms with Gasteiger partial charge >= 0.3 is 0 Å². The van der Waals surface area contributed by atoms with Crippen LogP contribution in [0.3, 0.4) is 0 Å². The Balaban J connectivity index is 1.41. The van der Waals surface area contributed by atoms with E-state index in [-0.39, 0.29) is 17.3 Å². The van der Waals surface area contributed by atoms with Gasteiger partial charge in [0.15, 0.2) is 11.5 Å². The molecular weight excluding hydrogens is 468 g/mol. The quantitative estimate of drug-likeness (QED) is 0.492. The van der Waals surface area contributed by atoms with E-state index in [4.69, 9.17) is 14.2 Å². The molecule has 1 heterocycles. The van der Waals surface area contributed by atoms with Crippen molar-refractivity contribution in [2.45, 2.75) is 17.7 Å². The zero-order valence-corrected chi connectivity index (χ0v) is 20.5. The SMILES string of the molecule is COc1ccc(S(=O)(=O)N2CCC[C@H](C(=O)Nc3ccc(Oc4ccccc4)cc3)C2)cc1OC. The minimum Gasteiger partial charge on any atom is -0.493 e. The van der Waals surface area contributed by atoms with Crippen molar-refractivity contribution < 1.29 is 27.4 Å². The van der Waals surface area contributed by atoms with Crippen LogP contribution in [0, 0.1) is 5.92 Å². The second-order valence-electron chi connectivity index (χ2n) is 8.15. The van der Waals surface area contributed by atoms with Gasteiger partial charge in [0.05, 0.1) is 25.0 Å². The van der Waals surface area contributed by atoms with Crippen LogP contribution < -0.4 is 19.5 Å². The number of hydrogen-bond acceptors (Lipinski definition) is 6. The maximum atomic E-state index is 13.3. The molecule has 3 aromatic carbocycles. The van der Waals surface area contributed by atoms with E-state index in [2.05, 4.69) is 5.32 Å². The van der Waals surface area contributed by atoms with Gasteiger partial charge in [0, 0.05) is 24.8 Å². The van der Waals surface area contributed by atoms with Gasteiger partial charge < -0.3 is 19.5 Å². The summed E-state index contributed by atoms with van der Waals surface area (Å²) in [7, 11) is -0.849. The molecule has 3 aromatic rings. The average molecular weight is 497 g/mol. The van der Waals surface area contributed by atoms with E-state index in [0.29, 0.717) is 42.3 Å². The van der Waals surface area contributed by atoms with Crippen LogP contribution in [0.2, 0.25) is 0 Å². The molecule has 1 aliphatic rings. The van der Waals surface area contributed by atoms with Gasteiger partial charge in [0.1, 0.15) is 11.5 Å². The lowest BCUT2D eigenvalue weighted by Crippen LogP contribution is -2.43. The summed E-state index contributed by atoms with van der Waals surface area (Å²) in [6.07, 6.45) is 1.20. The molecule has 1 aliphatic heterocycles. The fourth-order valence-electron chi connectivity index (χ4n) is 3.98. The molecule has 1 N–H and O–H groups in total. The molecule has 1 amide bonds. The van der Waals surface area contributed by atoms with Crippen LogP contribution in [0.5, 0.6) is 23.0 Å². The predicted molar refractivity (Wildman–Crippen MR) is 133 cm³/mol. The molecule has 1 atom stereocenters. The third kappa shape index (κ3) is 5.75. The molecule has 35 heavy (non-hydrogen) atoms. The van der Waals surface area contributed by atoms with Crippen molar-refractivity contribution >= 4 is 21.6 Å². The van der Waals surface area contributed by atoms with Crippen molar-refractivity contribution in [1.82, 2.24) is 4.31 Å². The van der Waals surface area contributed by atoms with Crippen molar-refractivity contribution in [3.8, 4) is 23.0 Å². The normalized spacial score (nSPS) is 16.3. The summed E-state index contributed by atoms with van der Waals surface area (Å²) >= 11 is 0. The minimum atomic E-state index is -3.79. The van der Waals surface area contributed by atoms with E-state index in [0.717, 1.165) is 5.75 Å². The predicted octanol–water partition coefficient (Wildman–Crippen LogP) is 4.54. The number of ether oxygens (including phenoxy) is 3. The van der Waals surface area contributed by atoms with Crippen LogP contribution in [-0.4, -0.2) is 45.9 Å². The zero-order valence-electron chi connectivity index (χ0n) is 19.6. The molecule has 0 unspecified atom stereocenters. The fourth-order valence-corrected chi connectivity index (χ4v) is 5.52. The van der Waals surface area contributed by atoms with E-state index in [9.17, 15) is 13.2 Å². The van der Waals surface area contributed by atoms with Gasteiger partial charge in [-0.2, -0.15) is 4.31 Å². The first-order valence-corrected chi connectivity index (χ1v) is 12.7. The summed E-state index contributed by atoms with van der Waals surface area (Å²) in [5.41, 5.74) is 0.621. The number of carbonyl (C=O) groups excluding carboxylic acids is 1. The molecule has 1 saturated heterocycles. The molecule has 0 bridgehead atoms. The van der Waals surface area contributed by atoms with Gasteiger partial charge in [-0.1, -0.05) is 18.2 Å².